The summed E-state index contributed by atoms with van der Waals surface area (Å²) in [6.45, 7) is 4.27. The lowest BCUT2D eigenvalue weighted by Gasteiger charge is -2.26. The van der Waals surface area contributed by atoms with E-state index in [1.165, 1.54) is 0 Å². The van der Waals surface area contributed by atoms with Crippen LogP contribution in [-0.4, -0.2) is 55.3 Å². The standard InChI is InChI=1S/C28H31NO6S2/c1-18(2)34-28(31)24(11-12-36-3)29-27(30)22-9-8-20(14-23(22)19-10-13-37-17-19)32-15-21-16-33-25-6-4-5-7-26(25)35-21/h4-10,13-14,17-18,21,24H,11-12,15-16H2,1-3H3,(H,29,30)/t21?,24-/m0/s1. The van der Waals surface area contributed by atoms with Crippen molar-refractivity contribution in [2.45, 2.75) is 38.5 Å². The van der Waals surface area contributed by atoms with E-state index in [9.17, 15) is 9.59 Å². The molecule has 1 amide bonds. The van der Waals surface area contributed by atoms with Gasteiger partial charge in [-0.15, -0.1) is 0 Å². The minimum atomic E-state index is -0.722. The van der Waals surface area contributed by atoms with Gasteiger partial charge in [-0.25, -0.2) is 4.79 Å². The fraction of sp³-hybridized carbons (Fsp3) is 0.357. The van der Waals surface area contributed by atoms with E-state index in [2.05, 4.69) is 5.32 Å². The Kier molecular flexibility index (Phi) is 9.35. The Labute approximate surface area is 225 Å². The first-order valence-corrected chi connectivity index (χ1v) is 14.5. The molecule has 1 unspecified atom stereocenters. The Morgan fingerprint density at radius 3 is 2.70 bits per heavy atom. The number of rotatable bonds is 11. The van der Waals surface area contributed by atoms with Gasteiger partial charge >= 0.3 is 5.97 Å². The van der Waals surface area contributed by atoms with Crippen LogP contribution in [0.3, 0.4) is 0 Å². The van der Waals surface area contributed by atoms with Crippen LogP contribution in [0, 0.1) is 0 Å². The third kappa shape index (κ3) is 7.20. The highest BCUT2D eigenvalue weighted by Crippen LogP contribution is 2.32. The topological polar surface area (TPSA) is 83.1 Å². The lowest BCUT2D eigenvalue weighted by Crippen LogP contribution is -2.43. The number of hydrogen-bond acceptors (Lipinski definition) is 8. The molecule has 3 aromatic rings. The van der Waals surface area contributed by atoms with Gasteiger partial charge in [-0.3, -0.25) is 4.79 Å². The van der Waals surface area contributed by atoms with Gasteiger partial charge in [-0.1, -0.05) is 12.1 Å². The average Bonchev–Trinajstić information content (AvgIpc) is 3.44. The van der Waals surface area contributed by atoms with E-state index in [4.69, 9.17) is 18.9 Å². The first-order chi connectivity index (χ1) is 17.9. The number of thioether (sulfide) groups is 1. The van der Waals surface area contributed by atoms with Crippen LogP contribution in [0.25, 0.3) is 11.1 Å². The lowest BCUT2D eigenvalue weighted by molar-refractivity contribution is -0.149. The summed E-state index contributed by atoms with van der Waals surface area (Å²) in [5, 5.41) is 6.82. The zero-order valence-corrected chi connectivity index (χ0v) is 22.7. The number of carbonyl (C=O) groups excluding carboxylic acids is 2. The van der Waals surface area contributed by atoms with Crippen LogP contribution in [-0.2, 0) is 9.53 Å². The molecule has 9 heteroatoms. The van der Waals surface area contributed by atoms with Gasteiger partial charge in [0.1, 0.15) is 25.0 Å². The van der Waals surface area contributed by atoms with Gasteiger partial charge in [0.05, 0.1) is 6.10 Å². The minimum Gasteiger partial charge on any atom is -0.490 e. The SMILES string of the molecule is CSCC[C@H](NC(=O)c1ccc(OCC2COc3ccccc3O2)cc1-c1ccsc1)C(=O)OC(C)C. The molecule has 1 aliphatic rings. The molecule has 0 aliphatic carbocycles. The molecule has 0 saturated heterocycles. The molecular formula is C28H31NO6S2. The third-order valence-electron chi connectivity index (χ3n) is 5.62. The maximum absolute atomic E-state index is 13.4. The summed E-state index contributed by atoms with van der Waals surface area (Å²) >= 11 is 3.15. The molecular weight excluding hydrogens is 510 g/mol. The van der Waals surface area contributed by atoms with Crippen molar-refractivity contribution in [1.29, 1.82) is 0 Å². The van der Waals surface area contributed by atoms with Gasteiger partial charge in [0.25, 0.3) is 5.91 Å². The second-order valence-electron chi connectivity index (χ2n) is 8.82. The molecule has 1 N–H and O–H groups in total. The van der Waals surface area contributed by atoms with E-state index >= 15 is 0 Å². The van der Waals surface area contributed by atoms with Crippen molar-refractivity contribution in [2.75, 3.05) is 25.2 Å². The van der Waals surface area contributed by atoms with E-state index in [0.29, 0.717) is 36.7 Å². The van der Waals surface area contributed by atoms with Crippen LogP contribution < -0.4 is 19.5 Å². The Bertz CT molecular complexity index is 1200. The van der Waals surface area contributed by atoms with Crippen molar-refractivity contribution in [2.24, 2.45) is 0 Å². The molecule has 1 aromatic heterocycles. The number of thiophene rings is 1. The highest BCUT2D eigenvalue weighted by molar-refractivity contribution is 7.98. The van der Waals surface area contributed by atoms with Crippen LogP contribution in [0.15, 0.2) is 59.3 Å². The van der Waals surface area contributed by atoms with E-state index in [1.807, 2.05) is 53.4 Å². The normalized spacial score (nSPS) is 15.2. The quantitative estimate of drug-likeness (QED) is 0.324. The molecule has 2 aromatic carbocycles. The molecule has 0 saturated carbocycles. The van der Waals surface area contributed by atoms with E-state index in [1.54, 1.807) is 49.1 Å². The zero-order chi connectivity index (χ0) is 26.2. The molecule has 0 spiro atoms. The maximum Gasteiger partial charge on any atom is 0.328 e. The predicted molar refractivity (Wildman–Crippen MR) is 147 cm³/mol. The van der Waals surface area contributed by atoms with Crippen LogP contribution in [0.5, 0.6) is 17.2 Å². The molecule has 37 heavy (non-hydrogen) atoms. The summed E-state index contributed by atoms with van der Waals surface area (Å²) in [4.78, 5) is 26.0. The summed E-state index contributed by atoms with van der Waals surface area (Å²) in [5.41, 5.74) is 2.09. The first kappa shape index (κ1) is 26.9. The third-order valence-corrected chi connectivity index (χ3v) is 6.95. The van der Waals surface area contributed by atoms with Crippen molar-refractivity contribution in [3.8, 4) is 28.4 Å². The molecule has 4 rings (SSSR count). The molecule has 2 atom stereocenters. The van der Waals surface area contributed by atoms with Crippen molar-refractivity contribution < 1.29 is 28.5 Å². The summed E-state index contributed by atoms with van der Waals surface area (Å²) in [5.74, 6) is 1.99. The number of nitrogens with one attached hydrogen (secondary N) is 1. The molecule has 0 bridgehead atoms. The van der Waals surface area contributed by atoms with Crippen LogP contribution >= 0.6 is 23.1 Å². The molecule has 7 nitrogen and oxygen atoms in total. The van der Waals surface area contributed by atoms with Gasteiger partial charge < -0.3 is 24.3 Å². The monoisotopic (exact) mass is 541 g/mol. The fourth-order valence-electron chi connectivity index (χ4n) is 3.84. The van der Waals surface area contributed by atoms with E-state index in [0.717, 1.165) is 22.6 Å². The number of ether oxygens (including phenoxy) is 4. The molecule has 0 fully saturated rings. The number of benzene rings is 2. The molecule has 0 radical (unpaired) electrons. The number of hydrogen-bond donors (Lipinski definition) is 1. The Morgan fingerprint density at radius 2 is 1.97 bits per heavy atom. The molecule has 1 aliphatic heterocycles. The number of amides is 1. The van der Waals surface area contributed by atoms with Crippen molar-refractivity contribution in [1.82, 2.24) is 5.32 Å². The minimum absolute atomic E-state index is 0.258. The van der Waals surface area contributed by atoms with Crippen molar-refractivity contribution in [3.63, 3.8) is 0 Å². The second kappa shape index (κ2) is 12.9. The zero-order valence-electron chi connectivity index (χ0n) is 21.1. The van der Waals surface area contributed by atoms with E-state index in [-0.39, 0.29) is 18.1 Å². The van der Waals surface area contributed by atoms with Crippen LogP contribution in [0.4, 0.5) is 0 Å². The number of esters is 1. The predicted octanol–water partition coefficient (Wildman–Crippen LogP) is 5.44. The van der Waals surface area contributed by atoms with Gasteiger partial charge in [-0.2, -0.15) is 23.1 Å². The fourth-order valence-corrected chi connectivity index (χ4v) is 4.96. The summed E-state index contributed by atoms with van der Waals surface area (Å²) < 4.78 is 23.2. The Morgan fingerprint density at radius 1 is 1.16 bits per heavy atom. The molecule has 196 valence electrons. The Hall–Kier alpha value is -3.17. The van der Waals surface area contributed by atoms with Gasteiger partial charge in [-0.05, 0) is 90.6 Å². The Balaban J connectivity index is 1.49. The summed E-state index contributed by atoms with van der Waals surface area (Å²) in [7, 11) is 0. The van der Waals surface area contributed by atoms with Gasteiger partial charge in [0, 0.05) is 5.56 Å². The second-order valence-corrected chi connectivity index (χ2v) is 10.6. The van der Waals surface area contributed by atoms with Gasteiger partial charge in [0.2, 0.25) is 0 Å². The summed E-state index contributed by atoms with van der Waals surface area (Å²) in [6, 6.07) is 14.1. The number of fused-ring (bicyclic) bond motifs is 1. The first-order valence-electron chi connectivity index (χ1n) is 12.1. The highest BCUT2D eigenvalue weighted by Gasteiger charge is 2.26. The smallest absolute Gasteiger partial charge is 0.328 e. The van der Waals surface area contributed by atoms with Crippen molar-refractivity contribution >= 4 is 35.0 Å². The average molecular weight is 542 g/mol. The van der Waals surface area contributed by atoms with Crippen LogP contribution in [0.2, 0.25) is 0 Å². The number of para-hydroxylation sites is 2. The van der Waals surface area contributed by atoms with Crippen molar-refractivity contribution in [3.05, 3.63) is 64.9 Å². The van der Waals surface area contributed by atoms with Gasteiger partial charge in [0.15, 0.2) is 17.6 Å². The maximum atomic E-state index is 13.4. The van der Waals surface area contributed by atoms with Crippen LogP contribution in [0.1, 0.15) is 30.6 Å². The summed E-state index contributed by atoms with van der Waals surface area (Å²) in [6.07, 6.45) is 1.93. The lowest BCUT2D eigenvalue weighted by atomic mass is 10.0. The molecule has 2 heterocycles. The number of carbonyl (C=O) groups is 2. The highest BCUT2D eigenvalue weighted by atomic mass is 32.2. The van der Waals surface area contributed by atoms with E-state index < -0.39 is 12.0 Å². The largest absolute Gasteiger partial charge is 0.490 e.